The summed E-state index contributed by atoms with van der Waals surface area (Å²) < 4.78 is 45.7. The van der Waals surface area contributed by atoms with E-state index in [-0.39, 0.29) is 47.4 Å². The number of aryl methyl sites for hydroxylation is 2. The smallest absolute Gasteiger partial charge is 0.335 e. The average molecular weight is 560 g/mol. The molecule has 6 rings (SSSR count). The molecule has 2 aromatic carbocycles. The molecule has 9 nitrogen and oxygen atoms in total. The lowest BCUT2D eigenvalue weighted by Gasteiger charge is -2.27. The molecule has 0 unspecified atom stereocenters. The van der Waals surface area contributed by atoms with Crippen molar-refractivity contribution >= 4 is 17.0 Å². The van der Waals surface area contributed by atoms with Crippen molar-refractivity contribution in [1.29, 1.82) is 0 Å². The Balaban J connectivity index is 1.28. The second-order valence-electron chi connectivity index (χ2n) is 10.1. The second-order valence-corrected chi connectivity index (χ2v) is 10.1. The molecule has 41 heavy (non-hydrogen) atoms. The van der Waals surface area contributed by atoms with Crippen LogP contribution in [0.1, 0.15) is 39.4 Å². The number of fused-ring (bicyclic) bond motifs is 1. The fourth-order valence-corrected chi connectivity index (χ4v) is 4.95. The number of pyridine rings is 1. The predicted octanol–water partition coefficient (Wildman–Crippen LogP) is 5.08. The van der Waals surface area contributed by atoms with E-state index in [1.54, 1.807) is 35.0 Å². The Hall–Kier alpha value is -4.64. The standard InChI is InChI=1S/C30H27F2N5O4/c1-17-14-36(2)35-26(17)16-41-29-5-3-4-24(34-29)21-13-22(31)19(10-23(21)32)12-28-33-25-7-6-18(30(38)39)11-27(25)37(28)15-20-8-9-40-20/h3-7,10-11,13-14,20H,8-9,12,15-16H2,1-2H3,(H,38,39)/t20-/m0/s1. The number of carboxylic acid groups (broad SMARTS) is 1. The number of carbonyl (C=O) groups is 1. The molecule has 3 aromatic heterocycles. The minimum atomic E-state index is -1.06. The summed E-state index contributed by atoms with van der Waals surface area (Å²) in [5.74, 6) is -1.54. The van der Waals surface area contributed by atoms with Gasteiger partial charge in [-0.3, -0.25) is 4.68 Å². The van der Waals surface area contributed by atoms with E-state index < -0.39 is 17.6 Å². The maximum absolute atomic E-state index is 15.4. The van der Waals surface area contributed by atoms with Gasteiger partial charge in [0, 0.05) is 37.9 Å². The number of hydrogen-bond acceptors (Lipinski definition) is 6. The molecule has 4 heterocycles. The van der Waals surface area contributed by atoms with Crippen molar-refractivity contribution < 1.29 is 28.2 Å². The number of nitrogens with zero attached hydrogens (tertiary/aromatic N) is 5. The Morgan fingerprint density at radius 2 is 1.98 bits per heavy atom. The lowest BCUT2D eigenvalue weighted by atomic mass is 10.0. The summed E-state index contributed by atoms with van der Waals surface area (Å²) in [5.41, 5.74) is 3.40. The highest BCUT2D eigenvalue weighted by molar-refractivity contribution is 5.92. The first-order chi connectivity index (χ1) is 19.7. The van der Waals surface area contributed by atoms with Gasteiger partial charge in [-0.25, -0.2) is 23.5 Å². The van der Waals surface area contributed by atoms with Crippen LogP contribution in [0.15, 0.2) is 54.7 Å². The van der Waals surface area contributed by atoms with Crippen LogP contribution < -0.4 is 4.74 Å². The summed E-state index contributed by atoms with van der Waals surface area (Å²) >= 11 is 0. The van der Waals surface area contributed by atoms with Crippen molar-refractivity contribution in [3.63, 3.8) is 0 Å². The van der Waals surface area contributed by atoms with Crippen molar-refractivity contribution in [3.8, 4) is 17.1 Å². The van der Waals surface area contributed by atoms with Gasteiger partial charge in [0.15, 0.2) is 0 Å². The first kappa shape index (κ1) is 26.6. The normalized spacial score (nSPS) is 14.8. The Morgan fingerprint density at radius 1 is 1.15 bits per heavy atom. The first-order valence-corrected chi connectivity index (χ1v) is 13.2. The highest BCUT2D eigenvalue weighted by Crippen LogP contribution is 2.29. The number of hydrogen-bond donors (Lipinski definition) is 1. The van der Waals surface area contributed by atoms with Gasteiger partial charge in [-0.2, -0.15) is 5.10 Å². The zero-order valence-electron chi connectivity index (χ0n) is 22.5. The van der Waals surface area contributed by atoms with Crippen molar-refractivity contribution in [2.75, 3.05) is 6.61 Å². The molecule has 0 spiro atoms. The van der Waals surface area contributed by atoms with Crippen LogP contribution in [0.2, 0.25) is 0 Å². The summed E-state index contributed by atoms with van der Waals surface area (Å²) in [6.07, 6.45) is 2.69. The van der Waals surface area contributed by atoms with E-state index in [4.69, 9.17) is 9.47 Å². The molecule has 1 saturated heterocycles. The monoisotopic (exact) mass is 559 g/mol. The van der Waals surface area contributed by atoms with E-state index >= 15 is 8.78 Å². The van der Waals surface area contributed by atoms with Crippen LogP contribution in [0, 0.1) is 18.6 Å². The maximum Gasteiger partial charge on any atom is 0.335 e. The molecule has 5 aromatic rings. The molecule has 0 saturated carbocycles. The minimum absolute atomic E-state index is 0.00679. The van der Waals surface area contributed by atoms with Crippen LogP contribution in [0.5, 0.6) is 5.88 Å². The molecule has 11 heteroatoms. The van der Waals surface area contributed by atoms with Gasteiger partial charge in [0.05, 0.1) is 34.9 Å². The molecule has 0 radical (unpaired) electrons. The van der Waals surface area contributed by atoms with Gasteiger partial charge >= 0.3 is 5.97 Å². The number of benzene rings is 2. The van der Waals surface area contributed by atoms with Gasteiger partial charge in [0.25, 0.3) is 0 Å². The van der Waals surface area contributed by atoms with Gasteiger partial charge < -0.3 is 19.1 Å². The van der Waals surface area contributed by atoms with Crippen LogP contribution >= 0.6 is 0 Å². The van der Waals surface area contributed by atoms with Gasteiger partial charge in [-0.15, -0.1) is 0 Å². The van der Waals surface area contributed by atoms with Gasteiger partial charge in [-0.1, -0.05) is 6.07 Å². The van der Waals surface area contributed by atoms with Crippen molar-refractivity contribution in [1.82, 2.24) is 24.3 Å². The topological polar surface area (TPSA) is 104 Å². The molecular formula is C30H27F2N5O4. The summed E-state index contributed by atoms with van der Waals surface area (Å²) in [5, 5.41) is 13.8. The van der Waals surface area contributed by atoms with E-state index in [2.05, 4.69) is 15.1 Å². The molecule has 1 N–H and O–H groups in total. The lowest BCUT2D eigenvalue weighted by molar-refractivity contribution is -0.0589. The zero-order valence-corrected chi connectivity index (χ0v) is 22.5. The molecule has 1 aliphatic heterocycles. The molecule has 210 valence electrons. The van der Waals surface area contributed by atoms with Gasteiger partial charge in [0.1, 0.15) is 29.8 Å². The fourth-order valence-electron chi connectivity index (χ4n) is 4.95. The maximum atomic E-state index is 15.4. The first-order valence-electron chi connectivity index (χ1n) is 13.2. The van der Waals surface area contributed by atoms with Crippen molar-refractivity contribution in [2.24, 2.45) is 7.05 Å². The summed E-state index contributed by atoms with van der Waals surface area (Å²) in [4.78, 5) is 20.6. The largest absolute Gasteiger partial charge is 0.478 e. The quantitative estimate of drug-likeness (QED) is 0.269. The lowest BCUT2D eigenvalue weighted by Crippen LogP contribution is -2.31. The van der Waals surface area contributed by atoms with Crippen LogP contribution in [-0.2, 0) is 31.4 Å². The number of carboxylic acids is 1. The third kappa shape index (κ3) is 5.40. The number of imidazole rings is 1. The molecule has 1 atom stereocenters. The fraction of sp³-hybridized carbons (Fsp3) is 0.267. The SMILES string of the molecule is Cc1cn(C)nc1COc1cccc(-c2cc(F)c(Cc3nc4ccc(C(=O)O)cc4n3C[C@@H]3CCO3)cc2F)n1. The average Bonchev–Trinajstić information content (AvgIpc) is 3.43. The van der Waals surface area contributed by atoms with E-state index in [0.717, 1.165) is 29.8 Å². The molecule has 0 amide bonds. The van der Waals surface area contributed by atoms with Gasteiger partial charge in [-0.05, 0) is 60.9 Å². The highest BCUT2D eigenvalue weighted by atomic mass is 19.1. The third-order valence-electron chi connectivity index (χ3n) is 7.21. The minimum Gasteiger partial charge on any atom is -0.478 e. The third-order valence-corrected chi connectivity index (χ3v) is 7.21. The van der Waals surface area contributed by atoms with Gasteiger partial charge in [0.2, 0.25) is 5.88 Å². The van der Waals surface area contributed by atoms with Crippen LogP contribution in [0.4, 0.5) is 8.78 Å². The Bertz CT molecular complexity index is 1780. The Kier molecular flexibility index (Phi) is 6.96. The second kappa shape index (κ2) is 10.7. The number of ether oxygens (including phenoxy) is 2. The van der Waals surface area contributed by atoms with E-state index in [1.807, 2.05) is 24.7 Å². The van der Waals surface area contributed by atoms with Crippen LogP contribution in [-0.4, -0.2) is 48.1 Å². The number of halogens is 2. The summed E-state index contributed by atoms with van der Waals surface area (Å²) in [6, 6.07) is 11.8. The Morgan fingerprint density at radius 3 is 2.68 bits per heavy atom. The van der Waals surface area contributed by atoms with E-state index in [1.165, 1.54) is 6.07 Å². The van der Waals surface area contributed by atoms with Crippen LogP contribution in [0.3, 0.4) is 0 Å². The molecule has 1 aliphatic rings. The molecule has 0 aliphatic carbocycles. The molecule has 0 bridgehead atoms. The van der Waals surface area contributed by atoms with E-state index in [9.17, 15) is 9.90 Å². The number of rotatable bonds is 9. The van der Waals surface area contributed by atoms with Crippen molar-refractivity contribution in [2.45, 2.75) is 39.0 Å². The summed E-state index contributed by atoms with van der Waals surface area (Å²) in [7, 11) is 1.82. The van der Waals surface area contributed by atoms with E-state index in [0.29, 0.717) is 30.0 Å². The van der Waals surface area contributed by atoms with Crippen LogP contribution in [0.25, 0.3) is 22.3 Å². The molecule has 1 fully saturated rings. The zero-order chi connectivity index (χ0) is 28.7. The number of aromatic carboxylic acids is 1. The summed E-state index contributed by atoms with van der Waals surface area (Å²) in [6.45, 7) is 3.21. The molecular weight excluding hydrogens is 532 g/mol. The number of aromatic nitrogens is 5. The highest BCUT2D eigenvalue weighted by Gasteiger charge is 2.23. The predicted molar refractivity (Wildman–Crippen MR) is 146 cm³/mol. The van der Waals surface area contributed by atoms with Crippen molar-refractivity contribution in [3.05, 3.63) is 94.6 Å². The Labute approximate surface area is 234 Å².